The van der Waals surface area contributed by atoms with Gasteiger partial charge in [0, 0.05) is 28.4 Å². The Morgan fingerprint density at radius 3 is 2.81 bits per heavy atom. The van der Waals surface area contributed by atoms with E-state index < -0.39 is 17.9 Å². The van der Waals surface area contributed by atoms with Gasteiger partial charge in [0.1, 0.15) is 18.2 Å². The summed E-state index contributed by atoms with van der Waals surface area (Å²) in [6.45, 7) is 5.35. The third kappa shape index (κ3) is 3.89. The van der Waals surface area contributed by atoms with Crippen molar-refractivity contribution >= 4 is 34.9 Å². The van der Waals surface area contributed by atoms with Crippen LogP contribution in [0.5, 0.6) is 0 Å². The number of ether oxygens (including phenoxy) is 1. The Kier molecular flexibility index (Phi) is 5.62. The van der Waals surface area contributed by atoms with Crippen LogP contribution in [0.3, 0.4) is 0 Å². The third-order valence-corrected chi connectivity index (χ3v) is 5.08. The first-order chi connectivity index (χ1) is 12.8. The minimum absolute atomic E-state index is 0.123. The van der Waals surface area contributed by atoms with E-state index in [9.17, 15) is 9.18 Å². The Bertz CT molecular complexity index is 1020. The van der Waals surface area contributed by atoms with Crippen LogP contribution in [0.1, 0.15) is 42.0 Å². The van der Waals surface area contributed by atoms with Gasteiger partial charge in [0.05, 0.1) is 5.02 Å². The number of aryl methyl sites for hydroxylation is 2. The van der Waals surface area contributed by atoms with Gasteiger partial charge in [0.2, 0.25) is 0 Å². The van der Waals surface area contributed by atoms with Crippen LogP contribution in [0, 0.1) is 19.7 Å². The number of benzene rings is 1. The van der Waals surface area contributed by atoms with E-state index in [1.165, 1.54) is 18.5 Å². The van der Waals surface area contributed by atoms with Crippen LogP contribution in [0.15, 0.2) is 18.5 Å². The second kappa shape index (κ2) is 7.78. The molecule has 2 heterocycles. The molecule has 6 nitrogen and oxygen atoms in total. The second-order valence-corrected chi connectivity index (χ2v) is 6.91. The van der Waals surface area contributed by atoms with Crippen molar-refractivity contribution in [3.8, 4) is 0 Å². The van der Waals surface area contributed by atoms with Crippen LogP contribution >= 0.6 is 23.2 Å². The second-order valence-electron chi connectivity index (χ2n) is 6.12. The number of carbonyl (C=O) groups is 1. The largest absolute Gasteiger partial charge is 0.458 e. The molecule has 0 saturated heterocycles. The lowest BCUT2D eigenvalue weighted by Gasteiger charge is -2.17. The van der Waals surface area contributed by atoms with Gasteiger partial charge in [0.25, 0.3) is 5.78 Å². The zero-order chi connectivity index (χ0) is 19.7. The minimum Gasteiger partial charge on any atom is -0.458 e. The van der Waals surface area contributed by atoms with E-state index in [0.717, 1.165) is 17.0 Å². The number of nitrogens with zero attached hydrogens (tertiary/aromatic N) is 4. The monoisotopic (exact) mass is 410 g/mol. The number of fused-ring (bicyclic) bond motifs is 1. The van der Waals surface area contributed by atoms with Crippen molar-refractivity contribution in [3.63, 3.8) is 0 Å². The molecule has 2 aromatic heterocycles. The number of aromatic nitrogens is 4. The summed E-state index contributed by atoms with van der Waals surface area (Å²) in [7, 11) is 0. The van der Waals surface area contributed by atoms with Gasteiger partial charge >= 0.3 is 5.97 Å². The first kappa shape index (κ1) is 19.5. The lowest BCUT2D eigenvalue weighted by Crippen LogP contribution is -2.13. The molecule has 3 rings (SSSR count). The number of carbonyl (C=O) groups excluding carboxylic acids is 1. The van der Waals surface area contributed by atoms with Gasteiger partial charge < -0.3 is 4.74 Å². The van der Waals surface area contributed by atoms with E-state index in [1.807, 2.05) is 13.8 Å². The first-order valence-corrected chi connectivity index (χ1v) is 9.04. The number of rotatable bonds is 5. The smallest absolute Gasteiger partial charge is 0.306 e. The van der Waals surface area contributed by atoms with E-state index in [0.29, 0.717) is 12.2 Å². The fourth-order valence-corrected chi connectivity index (χ4v) is 3.65. The summed E-state index contributed by atoms with van der Waals surface area (Å²) in [6.07, 6.45) is 1.21. The summed E-state index contributed by atoms with van der Waals surface area (Å²) in [6, 6.07) is 2.55. The highest BCUT2D eigenvalue weighted by Gasteiger charge is 2.21. The summed E-state index contributed by atoms with van der Waals surface area (Å²) in [5.41, 5.74) is 2.81. The predicted molar refractivity (Wildman–Crippen MR) is 99.5 cm³/mol. The van der Waals surface area contributed by atoms with Crippen LogP contribution in [0.4, 0.5) is 4.39 Å². The molecule has 3 aromatic rings. The maximum absolute atomic E-state index is 13.7. The van der Waals surface area contributed by atoms with Gasteiger partial charge in [-0.15, -0.1) is 0 Å². The predicted octanol–water partition coefficient (Wildman–Crippen LogP) is 4.42. The van der Waals surface area contributed by atoms with E-state index in [4.69, 9.17) is 27.9 Å². The summed E-state index contributed by atoms with van der Waals surface area (Å²) < 4.78 is 20.7. The summed E-state index contributed by atoms with van der Waals surface area (Å²) in [4.78, 5) is 20.7. The Morgan fingerprint density at radius 1 is 1.33 bits per heavy atom. The molecular formula is C18H17Cl2FN4O2. The van der Waals surface area contributed by atoms with Crippen molar-refractivity contribution in [3.05, 3.63) is 56.8 Å². The van der Waals surface area contributed by atoms with Gasteiger partial charge in [-0.05, 0) is 44.9 Å². The standard InChI is InChI=1S/C18H17Cl2FN4O2/c1-9-12(10(2)25-18(24-9)22-8-23-25)4-7-15(26)27-11(3)16-13(19)5-6-14(21)17(16)20/h5-6,8,11H,4,7H2,1-3H3. The van der Waals surface area contributed by atoms with E-state index in [-0.39, 0.29) is 22.0 Å². The fourth-order valence-electron chi connectivity index (χ4n) is 2.97. The molecular weight excluding hydrogens is 394 g/mol. The quantitative estimate of drug-likeness (QED) is 0.459. The van der Waals surface area contributed by atoms with Gasteiger partial charge in [-0.3, -0.25) is 4.79 Å². The topological polar surface area (TPSA) is 69.4 Å². The van der Waals surface area contributed by atoms with Crippen LogP contribution in [0.2, 0.25) is 10.0 Å². The minimum atomic E-state index is -0.772. The average Bonchev–Trinajstić information content (AvgIpc) is 3.06. The molecule has 0 saturated carbocycles. The summed E-state index contributed by atoms with van der Waals surface area (Å²) in [5, 5.41) is 4.23. The number of halogens is 3. The molecule has 0 aliphatic carbocycles. The number of hydrogen-bond acceptors (Lipinski definition) is 5. The highest BCUT2D eigenvalue weighted by Crippen LogP contribution is 2.34. The molecule has 0 aliphatic heterocycles. The highest BCUT2D eigenvalue weighted by atomic mass is 35.5. The van der Waals surface area contributed by atoms with Gasteiger partial charge in [-0.1, -0.05) is 23.2 Å². The Labute approximate surface area is 165 Å². The number of esters is 1. The van der Waals surface area contributed by atoms with Crippen molar-refractivity contribution in [2.75, 3.05) is 0 Å². The molecule has 1 aromatic carbocycles. The van der Waals surface area contributed by atoms with E-state index in [1.54, 1.807) is 11.4 Å². The number of hydrogen-bond donors (Lipinski definition) is 0. The molecule has 0 bridgehead atoms. The lowest BCUT2D eigenvalue weighted by atomic mass is 10.1. The third-order valence-electron chi connectivity index (χ3n) is 4.36. The molecule has 9 heteroatoms. The molecule has 0 aliphatic rings. The molecule has 1 atom stereocenters. The molecule has 0 fully saturated rings. The molecule has 0 radical (unpaired) electrons. The Hall–Kier alpha value is -2.25. The average molecular weight is 411 g/mol. The van der Waals surface area contributed by atoms with E-state index >= 15 is 0 Å². The van der Waals surface area contributed by atoms with Gasteiger partial charge in [-0.2, -0.15) is 10.1 Å². The normalized spacial score (nSPS) is 12.4. The molecule has 0 amide bonds. The van der Waals surface area contributed by atoms with Gasteiger partial charge in [-0.25, -0.2) is 13.9 Å². The van der Waals surface area contributed by atoms with E-state index in [2.05, 4.69) is 15.1 Å². The van der Waals surface area contributed by atoms with Crippen molar-refractivity contribution in [1.29, 1.82) is 0 Å². The zero-order valence-corrected chi connectivity index (χ0v) is 16.5. The molecule has 1 unspecified atom stereocenters. The van der Waals surface area contributed by atoms with Crippen LogP contribution < -0.4 is 0 Å². The lowest BCUT2D eigenvalue weighted by molar-refractivity contribution is -0.148. The molecule has 142 valence electrons. The SMILES string of the molecule is Cc1nc2ncnn2c(C)c1CCC(=O)OC(C)c1c(Cl)ccc(F)c1Cl. The van der Waals surface area contributed by atoms with Crippen molar-refractivity contribution in [2.24, 2.45) is 0 Å². The first-order valence-electron chi connectivity index (χ1n) is 8.28. The van der Waals surface area contributed by atoms with Crippen LogP contribution in [-0.4, -0.2) is 25.6 Å². The van der Waals surface area contributed by atoms with Crippen LogP contribution in [0.25, 0.3) is 5.78 Å². The summed E-state index contributed by atoms with van der Waals surface area (Å²) >= 11 is 12.0. The zero-order valence-electron chi connectivity index (χ0n) is 15.0. The van der Waals surface area contributed by atoms with Crippen molar-refractivity contribution in [1.82, 2.24) is 19.6 Å². The van der Waals surface area contributed by atoms with Gasteiger partial charge in [0.15, 0.2) is 0 Å². The molecule has 27 heavy (non-hydrogen) atoms. The molecule has 0 N–H and O–H groups in total. The maximum Gasteiger partial charge on any atom is 0.306 e. The van der Waals surface area contributed by atoms with Crippen molar-refractivity contribution in [2.45, 2.75) is 39.7 Å². The maximum atomic E-state index is 13.7. The Morgan fingerprint density at radius 2 is 2.07 bits per heavy atom. The molecule has 0 spiro atoms. The van der Waals surface area contributed by atoms with Crippen LogP contribution in [-0.2, 0) is 16.0 Å². The Balaban J connectivity index is 1.71. The fraction of sp³-hybridized carbons (Fsp3) is 0.333. The van der Waals surface area contributed by atoms with Crippen molar-refractivity contribution < 1.29 is 13.9 Å². The highest BCUT2D eigenvalue weighted by molar-refractivity contribution is 6.36. The summed E-state index contributed by atoms with van der Waals surface area (Å²) in [5.74, 6) is -0.547.